The van der Waals surface area contributed by atoms with Crippen molar-refractivity contribution in [3.8, 4) is 11.3 Å². The maximum atomic E-state index is 11.1. The van der Waals surface area contributed by atoms with Gasteiger partial charge in [-0.05, 0) is 37.5 Å². The maximum absolute atomic E-state index is 11.1. The molecule has 0 unspecified atom stereocenters. The Morgan fingerprint density at radius 2 is 2.15 bits per heavy atom. The molecule has 2 aromatic heterocycles. The van der Waals surface area contributed by atoms with E-state index in [9.17, 15) is 10.1 Å². The Labute approximate surface area is 116 Å². The highest BCUT2D eigenvalue weighted by Gasteiger charge is 2.23. The Morgan fingerprint density at radius 3 is 2.75 bits per heavy atom. The van der Waals surface area contributed by atoms with Gasteiger partial charge in [0.2, 0.25) is 5.82 Å². The van der Waals surface area contributed by atoms with E-state index in [1.54, 1.807) is 18.5 Å². The molecule has 2 aromatic rings. The number of nitro groups is 1. The van der Waals surface area contributed by atoms with E-state index in [-0.39, 0.29) is 5.69 Å². The fourth-order valence-corrected chi connectivity index (χ4v) is 2.13. The molecule has 0 amide bonds. The summed E-state index contributed by atoms with van der Waals surface area (Å²) in [6, 6.07) is 7.15. The highest BCUT2D eigenvalue weighted by atomic mass is 16.6. The van der Waals surface area contributed by atoms with E-state index in [4.69, 9.17) is 0 Å². The second-order valence-electron chi connectivity index (χ2n) is 4.84. The zero-order valence-corrected chi connectivity index (χ0v) is 10.8. The Balaban J connectivity index is 1.97. The molecule has 0 spiro atoms. The normalized spacial score (nSPS) is 14.6. The second kappa shape index (κ2) is 5.24. The fourth-order valence-electron chi connectivity index (χ4n) is 2.13. The third-order valence-corrected chi connectivity index (χ3v) is 3.47. The van der Waals surface area contributed by atoms with Gasteiger partial charge in [0.1, 0.15) is 0 Å². The van der Waals surface area contributed by atoms with Gasteiger partial charge in [-0.3, -0.25) is 15.1 Å². The van der Waals surface area contributed by atoms with Gasteiger partial charge >= 0.3 is 5.69 Å². The molecule has 1 aliphatic rings. The molecule has 20 heavy (non-hydrogen) atoms. The maximum Gasteiger partial charge on any atom is 0.311 e. The first kappa shape index (κ1) is 12.5. The van der Waals surface area contributed by atoms with Crippen LogP contribution in [0.15, 0.2) is 36.7 Å². The fraction of sp³-hybridized carbons (Fsp3) is 0.286. The lowest BCUT2D eigenvalue weighted by Gasteiger charge is -2.26. The van der Waals surface area contributed by atoms with Gasteiger partial charge in [0.25, 0.3) is 0 Å². The second-order valence-corrected chi connectivity index (χ2v) is 4.84. The van der Waals surface area contributed by atoms with Crippen LogP contribution in [0.4, 0.5) is 11.5 Å². The first-order valence-corrected chi connectivity index (χ1v) is 6.56. The van der Waals surface area contributed by atoms with Crippen LogP contribution in [0.2, 0.25) is 0 Å². The van der Waals surface area contributed by atoms with Crippen LogP contribution in [0.25, 0.3) is 11.3 Å². The van der Waals surface area contributed by atoms with Gasteiger partial charge in [-0.15, -0.1) is 0 Å². The van der Waals surface area contributed by atoms with Crippen molar-refractivity contribution in [2.75, 3.05) is 5.32 Å². The van der Waals surface area contributed by atoms with Crippen molar-refractivity contribution in [3.63, 3.8) is 0 Å². The minimum Gasteiger partial charge on any atom is -0.362 e. The van der Waals surface area contributed by atoms with Crippen molar-refractivity contribution in [2.24, 2.45) is 0 Å². The SMILES string of the molecule is O=[N+]([O-])c1ccc(-c2cccnc2)nc1NC1CCC1. The van der Waals surface area contributed by atoms with E-state index in [0.29, 0.717) is 17.6 Å². The third-order valence-electron chi connectivity index (χ3n) is 3.47. The van der Waals surface area contributed by atoms with E-state index in [1.165, 1.54) is 6.07 Å². The molecule has 1 fully saturated rings. The lowest BCUT2D eigenvalue weighted by Crippen LogP contribution is -2.27. The molecule has 0 saturated heterocycles. The number of rotatable bonds is 4. The largest absolute Gasteiger partial charge is 0.362 e. The van der Waals surface area contributed by atoms with E-state index < -0.39 is 4.92 Å². The molecule has 0 atom stereocenters. The van der Waals surface area contributed by atoms with Gasteiger partial charge in [-0.25, -0.2) is 4.98 Å². The Kier molecular flexibility index (Phi) is 3.28. The van der Waals surface area contributed by atoms with E-state index in [1.807, 2.05) is 12.1 Å². The number of nitrogens with zero attached hydrogens (tertiary/aromatic N) is 3. The predicted octanol–water partition coefficient (Wildman–Crippen LogP) is 3.02. The highest BCUT2D eigenvalue weighted by Crippen LogP contribution is 2.30. The van der Waals surface area contributed by atoms with Gasteiger partial charge in [-0.1, -0.05) is 0 Å². The molecule has 0 aliphatic heterocycles. The van der Waals surface area contributed by atoms with Crippen molar-refractivity contribution in [1.29, 1.82) is 0 Å². The van der Waals surface area contributed by atoms with Crippen molar-refractivity contribution < 1.29 is 4.92 Å². The summed E-state index contributed by atoms with van der Waals surface area (Å²) in [5, 5.41) is 14.2. The number of hydrogen-bond donors (Lipinski definition) is 1. The Bertz CT molecular complexity index is 626. The third kappa shape index (κ3) is 2.45. The summed E-state index contributed by atoms with van der Waals surface area (Å²) in [6.07, 6.45) is 6.61. The van der Waals surface area contributed by atoms with Gasteiger partial charge in [0, 0.05) is 30.1 Å². The summed E-state index contributed by atoms with van der Waals surface area (Å²) in [6.45, 7) is 0. The average molecular weight is 270 g/mol. The summed E-state index contributed by atoms with van der Waals surface area (Å²) in [7, 11) is 0. The molecule has 1 saturated carbocycles. The predicted molar refractivity (Wildman–Crippen MR) is 75.4 cm³/mol. The average Bonchev–Trinajstić information content (AvgIpc) is 2.43. The van der Waals surface area contributed by atoms with Crippen LogP contribution >= 0.6 is 0 Å². The number of pyridine rings is 2. The molecule has 1 aliphatic carbocycles. The van der Waals surface area contributed by atoms with E-state index in [2.05, 4.69) is 15.3 Å². The van der Waals surface area contributed by atoms with Gasteiger partial charge in [0.15, 0.2) is 0 Å². The number of aromatic nitrogens is 2. The smallest absolute Gasteiger partial charge is 0.311 e. The van der Waals surface area contributed by atoms with Crippen molar-refractivity contribution in [1.82, 2.24) is 9.97 Å². The van der Waals surface area contributed by atoms with Crippen LogP contribution in [0.5, 0.6) is 0 Å². The lowest BCUT2D eigenvalue weighted by molar-refractivity contribution is -0.384. The first-order valence-electron chi connectivity index (χ1n) is 6.56. The van der Waals surface area contributed by atoms with Gasteiger partial charge < -0.3 is 5.32 Å². The Morgan fingerprint density at radius 1 is 1.30 bits per heavy atom. The molecule has 2 heterocycles. The summed E-state index contributed by atoms with van der Waals surface area (Å²) in [4.78, 5) is 19.1. The van der Waals surface area contributed by atoms with Crippen LogP contribution in [-0.4, -0.2) is 20.9 Å². The number of hydrogen-bond acceptors (Lipinski definition) is 5. The zero-order chi connectivity index (χ0) is 13.9. The molecule has 0 radical (unpaired) electrons. The molecule has 102 valence electrons. The molecule has 3 rings (SSSR count). The number of nitrogens with one attached hydrogen (secondary N) is 1. The zero-order valence-electron chi connectivity index (χ0n) is 10.8. The van der Waals surface area contributed by atoms with Crippen LogP contribution in [-0.2, 0) is 0 Å². The minimum atomic E-state index is -0.402. The summed E-state index contributed by atoms with van der Waals surface area (Å²) in [5.74, 6) is 0.348. The molecular formula is C14H14N4O2. The highest BCUT2D eigenvalue weighted by molar-refractivity contribution is 5.66. The number of anilines is 1. The van der Waals surface area contributed by atoms with Crippen LogP contribution in [0, 0.1) is 10.1 Å². The Hall–Kier alpha value is -2.50. The van der Waals surface area contributed by atoms with Crippen molar-refractivity contribution in [2.45, 2.75) is 25.3 Å². The topological polar surface area (TPSA) is 81.0 Å². The molecule has 6 heteroatoms. The van der Waals surface area contributed by atoms with Crippen LogP contribution < -0.4 is 5.32 Å². The van der Waals surface area contributed by atoms with Crippen molar-refractivity contribution in [3.05, 3.63) is 46.8 Å². The molecular weight excluding hydrogens is 256 g/mol. The summed E-state index contributed by atoms with van der Waals surface area (Å²) < 4.78 is 0. The van der Waals surface area contributed by atoms with Crippen LogP contribution in [0.3, 0.4) is 0 Å². The van der Waals surface area contributed by atoms with E-state index >= 15 is 0 Å². The minimum absolute atomic E-state index is 0.0181. The van der Waals surface area contributed by atoms with Crippen molar-refractivity contribution >= 4 is 11.5 Å². The van der Waals surface area contributed by atoms with Gasteiger partial charge in [-0.2, -0.15) is 0 Å². The summed E-state index contributed by atoms with van der Waals surface area (Å²) in [5.41, 5.74) is 1.55. The molecule has 0 aromatic carbocycles. The lowest BCUT2D eigenvalue weighted by atomic mass is 9.93. The molecule has 1 N–H and O–H groups in total. The first-order chi connectivity index (χ1) is 9.74. The molecule has 6 nitrogen and oxygen atoms in total. The van der Waals surface area contributed by atoms with Gasteiger partial charge in [0.05, 0.1) is 10.6 Å². The standard InChI is InChI=1S/C14H14N4O2/c19-18(20)13-7-6-12(10-3-2-8-15-9-10)17-14(13)16-11-4-1-5-11/h2-3,6-9,11H,1,4-5H2,(H,16,17). The molecule has 0 bridgehead atoms. The van der Waals surface area contributed by atoms with E-state index in [0.717, 1.165) is 24.8 Å². The monoisotopic (exact) mass is 270 g/mol. The summed E-state index contributed by atoms with van der Waals surface area (Å²) >= 11 is 0. The quantitative estimate of drug-likeness (QED) is 0.682. The van der Waals surface area contributed by atoms with Crippen LogP contribution in [0.1, 0.15) is 19.3 Å².